The Morgan fingerprint density at radius 1 is 0.304 bits per heavy atom. The van der Waals surface area contributed by atoms with Crippen LogP contribution in [0.5, 0.6) is 0 Å². The van der Waals surface area contributed by atoms with Crippen molar-refractivity contribution in [3.63, 3.8) is 0 Å². The van der Waals surface area contributed by atoms with E-state index in [1.165, 1.54) is 88.0 Å². The van der Waals surface area contributed by atoms with E-state index in [1.54, 1.807) is 0 Å². The standard InChI is InChI=1S/C75H48N2O2/c1-45-19-3-13-31-64(45)76(66-33-17-27-58-54-24-9-15-35-68(54)78-73(58)66)48-38-41-50-47(43-48)37-40-60-70-56-26-6-5-21-51(56)61-44-49(39-42-57(61)72(70)75(71(50)60)62-29-11-7-22-52(62)53-23-8-12-30-63(53)75)77(65-32-14-4-20-46(65)2)67-34-18-28-59-55-25-10-16-36-69(55)79-74(59)67/h3-44H,1-2H3. The van der Waals surface area contributed by atoms with Crippen LogP contribution >= 0.6 is 0 Å². The molecule has 0 N–H and O–H groups in total. The van der Waals surface area contributed by atoms with Gasteiger partial charge >= 0.3 is 0 Å². The van der Waals surface area contributed by atoms with Gasteiger partial charge in [0, 0.05) is 44.3 Å². The third-order valence-corrected chi connectivity index (χ3v) is 17.5. The number of nitrogens with zero attached hydrogens (tertiary/aromatic N) is 2. The molecule has 0 radical (unpaired) electrons. The third kappa shape index (κ3) is 5.98. The Kier molecular flexibility index (Phi) is 9.15. The van der Waals surface area contributed by atoms with E-state index in [1.807, 2.05) is 6.07 Å². The molecular weight excluding hydrogens is 961 g/mol. The van der Waals surface area contributed by atoms with Crippen molar-refractivity contribution in [2.45, 2.75) is 19.3 Å². The summed E-state index contributed by atoms with van der Waals surface area (Å²) in [5, 5.41) is 11.7. The summed E-state index contributed by atoms with van der Waals surface area (Å²) < 4.78 is 13.6. The smallest absolute Gasteiger partial charge is 0.159 e. The molecule has 2 aliphatic carbocycles. The Hall–Kier alpha value is -10.2. The lowest BCUT2D eigenvalue weighted by Gasteiger charge is -2.33. The van der Waals surface area contributed by atoms with Gasteiger partial charge in [-0.3, -0.25) is 0 Å². The zero-order valence-electron chi connectivity index (χ0n) is 43.5. The Bertz CT molecular complexity index is 5050. The van der Waals surface area contributed by atoms with Gasteiger partial charge in [0.25, 0.3) is 0 Å². The number of hydrogen-bond donors (Lipinski definition) is 0. The summed E-state index contributed by atoms with van der Waals surface area (Å²) in [5.41, 5.74) is 21.9. The summed E-state index contributed by atoms with van der Waals surface area (Å²) >= 11 is 0. The van der Waals surface area contributed by atoms with Crippen molar-refractivity contribution in [3.8, 4) is 22.3 Å². The van der Waals surface area contributed by atoms with Crippen LogP contribution in [0.2, 0.25) is 0 Å². The normalized spacial score (nSPS) is 13.0. The van der Waals surface area contributed by atoms with Crippen molar-refractivity contribution in [1.82, 2.24) is 0 Å². The molecule has 79 heavy (non-hydrogen) atoms. The second-order valence-corrected chi connectivity index (χ2v) is 21.5. The summed E-state index contributed by atoms with van der Waals surface area (Å²) in [6.07, 6.45) is 0. The summed E-state index contributed by atoms with van der Waals surface area (Å²) in [5.74, 6) is 0. The largest absolute Gasteiger partial charge is 0.454 e. The molecule has 4 heteroatoms. The first-order valence-electron chi connectivity index (χ1n) is 27.3. The molecule has 2 heterocycles. The Labute approximate surface area is 456 Å². The molecule has 0 unspecified atom stereocenters. The summed E-state index contributed by atoms with van der Waals surface area (Å²) in [7, 11) is 0. The number of fused-ring (bicyclic) bond motifs is 23. The Morgan fingerprint density at radius 2 is 0.772 bits per heavy atom. The van der Waals surface area contributed by atoms with Gasteiger partial charge in [-0.15, -0.1) is 0 Å². The van der Waals surface area contributed by atoms with Gasteiger partial charge in [-0.25, -0.2) is 0 Å². The Balaban J connectivity index is 0.946. The van der Waals surface area contributed by atoms with Crippen LogP contribution in [0.1, 0.15) is 33.4 Å². The SMILES string of the molecule is Cc1ccccc1N(c1ccc2c3c(ccc2c1)-c1c(c2ccc(N(c4ccccc4C)c4cccc5c4oc4ccccc45)cc2c2ccccc12)C31c2ccccc2-c2ccccc21)c1cccc2c1oc1ccccc12. The second-order valence-electron chi connectivity index (χ2n) is 21.5. The number of anilines is 6. The van der Waals surface area contributed by atoms with Crippen molar-refractivity contribution in [2.24, 2.45) is 0 Å². The van der Waals surface area contributed by atoms with Crippen LogP contribution in [0.4, 0.5) is 34.1 Å². The van der Waals surface area contributed by atoms with Crippen molar-refractivity contribution in [2.75, 3.05) is 9.80 Å². The lowest BCUT2D eigenvalue weighted by atomic mass is 9.68. The minimum absolute atomic E-state index is 0.659. The third-order valence-electron chi connectivity index (χ3n) is 17.5. The number of rotatable bonds is 6. The van der Waals surface area contributed by atoms with E-state index in [0.717, 1.165) is 78.0 Å². The van der Waals surface area contributed by atoms with Crippen LogP contribution in [-0.2, 0) is 5.41 Å². The number of para-hydroxylation sites is 6. The van der Waals surface area contributed by atoms with Crippen molar-refractivity contribution < 1.29 is 8.83 Å². The fourth-order valence-electron chi connectivity index (χ4n) is 14.2. The van der Waals surface area contributed by atoms with Gasteiger partial charge in [0.15, 0.2) is 11.2 Å². The molecule has 0 aliphatic heterocycles. The lowest BCUT2D eigenvalue weighted by molar-refractivity contribution is 0.668. The maximum Gasteiger partial charge on any atom is 0.159 e. The molecule has 2 aromatic heterocycles. The molecule has 0 amide bonds. The number of furan rings is 2. The maximum atomic E-state index is 6.82. The van der Waals surface area contributed by atoms with Crippen LogP contribution in [0.25, 0.3) is 98.4 Å². The van der Waals surface area contributed by atoms with Crippen LogP contribution < -0.4 is 9.80 Å². The highest BCUT2D eigenvalue weighted by molar-refractivity contribution is 6.23. The fourth-order valence-corrected chi connectivity index (χ4v) is 14.2. The number of benzene rings is 13. The lowest BCUT2D eigenvalue weighted by Crippen LogP contribution is -2.26. The van der Waals surface area contributed by atoms with Gasteiger partial charge in [0.2, 0.25) is 0 Å². The maximum absolute atomic E-state index is 6.82. The molecule has 13 aromatic carbocycles. The van der Waals surface area contributed by atoms with E-state index >= 15 is 0 Å². The zero-order valence-corrected chi connectivity index (χ0v) is 43.5. The summed E-state index contributed by atoms with van der Waals surface area (Å²) in [6.45, 7) is 4.40. The highest BCUT2D eigenvalue weighted by Gasteiger charge is 2.54. The fraction of sp³-hybridized carbons (Fsp3) is 0.0400. The Morgan fingerprint density at radius 3 is 1.37 bits per heavy atom. The molecular formula is C75H48N2O2. The van der Waals surface area contributed by atoms with Crippen LogP contribution in [0.15, 0.2) is 264 Å². The van der Waals surface area contributed by atoms with E-state index in [0.29, 0.717) is 0 Å². The van der Waals surface area contributed by atoms with E-state index in [4.69, 9.17) is 8.83 Å². The minimum atomic E-state index is -0.659. The molecule has 2 aliphatic rings. The van der Waals surface area contributed by atoms with E-state index < -0.39 is 5.41 Å². The highest BCUT2D eigenvalue weighted by atomic mass is 16.3. The zero-order chi connectivity index (χ0) is 52.1. The average molecular weight is 1010 g/mol. The number of aryl methyl sites for hydroxylation is 2. The van der Waals surface area contributed by atoms with Crippen LogP contribution in [0.3, 0.4) is 0 Å². The van der Waals surface area contributed by atoms with Gasteiger partial charge in [-0.2, -0.15) is 0 Å². The average Bonchev–Trinajstić information content (AvgIpc) is 3.83. The molecule has 15 aromatic rings. The van der Waals surface area contributed by atoms with Gasteiger partial charge < -0.3 is 18.6 Å². The van der Waals surface area contributed by atoms with Crippen LogP contribution in [0, 0.1) is 13.8 Å². The minimum Gasteiger partial charge on any atom is -0.454 e. The molecule has 0 saturated carbocycles. The molecule has 0 atom stereocenters. The predicted molar refractivity (Wildman–Crippen MR) is 329 cm³/mol. The van der Waals surface area contributed by atoms with Crippen molar-refractivity contribution in [3.05, 3.63) is 288 Å². The molecule has 370 valence electrons. The van der Waals surface area contributed by atoms with E-state index in [-0.39, 0.29) is 0 Å². The summed E-state index contributed by atoms with van der Waals surface area (Å²) in [4.78, 5) is 4.80. The van der Waals surface area contributed by atoms with Gasteiger partial charge in [0.1, 0.15) is 11.2 Å². The first-order valence-corrected chi connectivity index (χ1v) is 27.3. The van der Waals surface area contributed by atoms with Crippen molar-refractivity contribution in [1.29, 1.82) is 0 Å². The molecule has 17 rings (SSSR count). The highest BCUT2D eigenvalue weighted by Crippen LogP contribution is 2.67. The monoisotopic (exact) mass is 1010 g/mol. The van der Waals surface area contributed by atoms with Crippen LogP contribution in [-0.4, -0.2) is 0 Å². The molecule has 0 saturated heterocycles. The molecule has 1 spiro atoms. The van der Waals surface area contributed by atoms with Gasteiger partial charge in [-0.05, 0) is 162 Å². The molecule has 0 bridgehead atoms. The molecule has 0 fully saturated rings. The van der Waals surface area contributed by atoms with Gasteiger partial charge in [0.05, 0.1) is 16.8 Å². The summed E-state index contributed by atoms with van der Waals surface area (Å²) in [6, 6.07) is 93.8. The quantitative estimate of drug-likeness (QED) is 0.155. The van der Waals surface area contributed by atoms with E-state index in [9.17, 15) is 0 Å². The molecule has 4 nitrogen and oxygen atoms in total. The first-order chi connectivity index (χ1) is 39.0. The number of hydrogen-bond acceptors (Lipinski definition) is 4. The van der Waals surface area contributed by atoms with Crippen molar-refractivity contribution >= 4 is 110 Å². The first kappa shape index (κ1) is 44.0. The predicted octanol–water partition coefficient (Wildman–Crippen LogP) is 20.8. The van der Waals surface area contributed by atoms with E-state index in [2.05, 4.69) is 272 Å². The van der Waals surface area contributed by atoms with Gasteiger partial charge in [-0.1, -0.05) is 194 Å². The second kappa shape index (κ2) is 16.4. The topological polar surface area (TPSA) is 32.8 Å².